The van der Waals surface area contributed by atoms with E-state index in [2.05, 4.69) is 15.3 Å². The monoisotopic (exact) mass is 457 g/mol. The lowest BCUT2D eigenvalue weighted by atomic mass is 10.0. The van der Waals surface area contributed by atoms with Gasteiger partial charge in [-0.25, -0.2) is 9.37 Å². The summed E-state index contributed by atoms with van der Waals surface area (Å²) in [7, 11) is 1.54. The molecule has 2 heterocycles. The predicted molar refractivity (Wildman–Crippen MR) is 126 cm³/mol. The highest BCUT2D eigenvalue weighted by Crippen LogP contribution is 2.33. The zero-order chi connectivity index (χ0) is 24.2. The van der Waals surface area contributed by atoms with Gasteiger partial charge in [-0.2, -0.15) is 0 Å². The Balaban J connectivity index is 1.68. The van der Waals surface area contributed by atoms with Gasteiger partial charge >= 0.3 is 0 Å². The number of aromatic nitrogens is 2. The van der Waals surface area contributed by atoms with E-state index in [9.17, 15) is 14.3 Å². The average Bonchev–Trinajstić information content (AvgIpc) is 2.85. The fraction of sp³-hybridized carbons (Fsp3) is 0.0800. The van der Waals surface area contributed by atoms with Crippen molar-refractivity contribution in [1.82, 2.24) is 15.3 Å². The van der Waals surface area contributed by atoms with Crippen molar-refractivity contribution in [3.8, 4) is 17.0 Å². The molecule has 34 heavy (non-hydrogen) atoms. The van der Waals surface area contributed by atoms with Gasteiger partial charge in [0.2, 0.25) is 5.90 Å². The van der Waals surface area contributed by atoms with Gasteiger partial charge in [-0.1, -0.05) is 24.3 Å². The van der Waals surface area contributed by atoms with Gasteiger partial charge < -0.3 is 15.2 Å². The molecule has 8 nitrogen and oxygen atoms in total. The van der Waals surface area contributed by atoms with Crippen molar-refractivity contribution in [1.29, 1.82) is 10.8 Å². The maximum absolute atomic E-state index is 13.1. The summed E-state index contributed by atoms with van der Waals surface area (Å²) in [5.74, 6) is -1.76. The molecule has 4 N–H and O–H groups in total. The summed E-state index contributed by atoms with van der Waals surface area (Å²) < 4.78 is 18.4. The van der Waals surface area contributed by atoms with Crippen LogP contribution in [0.25, 0.3) is 22.2 Å². The second-order valence-corrected chi connectivity index (χ2v) is 7.37. The Labute approximate surface area is 194 Å². The molecule has 1 amide bonds. The standard InChI is InChI=1S/C25H20FN5O3/c1-29-25(33)16-8-6-15(7-9-16)20-18-3-2-12-30-21(18)23(32)22(31-20)24(28)34-19(27)13-14-4-10-17(26)11-5-14/h2-12,27-28,32H,13H2,1H3,(H,29,33). The first kappa shape index (κ1) is 22.5. The number of pyridine rings is 2. The summed E-state index contributed by atoms with van der Waals surface area (Å²) in [6.45, 7) is 0. The van der Waals surface area contributed by atoms with Crippen LogP contribution in [0.1, 0.15) is 21.6 Å². The van der Waals surface area contributed by atoms with Crippen LogP contribution in [0.2, 0.25) is 0 Å². The van der Waals surface area contributed by atoms with E-state index >= 15 is 0 Å². The summed E-state index contributed by atoms with van der Waals surface area (Å²) in [6.07, 6.45) is 1.54. The highest BCUT2D eigenvalue weighted by Gasteiger charge is 2.21. The zero-order valence-electron chi connectivity index (χ0n) is 18.1. The normalized spacial score (nSPS) is 10.6. The van der Waals surface area contributed by atoms with Crippen LogP contribution in [0.4, 0.5) is 4.39 Å². The number of rotatable bonds is 5. The van der Waals surface area contributed by atoms with Crippen LogP contribution in [-0.2, 0) is 11.2 Å². The summed E-state index contributed by atoms with van der Waals surface area (Å²) in [5, 5.41) is 30.3. The lowest BCUT2D eigenvalue weighted by molar-refractivity contribution is 0.0963. The number of benzene rings is 2. The molecule has 9 heteroatoms. The Bertz CT molecular complexity index is 1400. The van der Waals surface area contributed by atoms with E-state index in [1.54, 1.807) is 43.4 Å². The topological polar surface area (TPSA) is 132 Å². The number of carbonyl (C=O) groups is 1. The molecule has 0 spiro atoms. The minimum absolute atomic E-state index is 0.0308. The smallest absolute Gasteiger partial charge is 0.251 e. The molecule has 0 radical (unpaired) electrons. The van der Waals surface area contributed by atoms with Gasteiger partial charge in [0.05, 0.1) is 5.69 Å². The van der Waals surface area contributed by atoms with E-state index in [0.29, 0.717) is 27.8 Å². The molecule has 0 aliphatic heterocycles. The SMILES string of the molecule is CNC(=O)c1ccc(-c2nc(C(=N)OC(=N)Cc3ccc(F)cc3)c(O)c3ncccc23)cc1. The lowest BCUT2D eigenvalue weighted by Gasteiger charge is -2.13. The number of fused-ring (bicyclic) bond motifs is 1. The highest BCUT2D eigenvalue weighted by molar-refractivity contribution is 6.06. The maximum Gasteiger partial charge on any atom is 0.251 e. The third-order valence-corrected chi connectivity index (χ3v) is 5.10. The Morgan fingerprint density at radius 2 is 1.79 bits per heavy atom. The van der Waals surface area contributed by atoms with E-state index < -0.39 is 11.7 Å². The van der Waals surface area contributed by atoms with Crippen LogP contribution < -0.4 is 5.32 Å². The molecule has 2 aromatic carbocycles. The van der Waals surface area contributed by atoms with E-state index in [4.69, 9.17) is 15.6 Å². The fourth-order valence-corrected chi connectivity index (χ4v) is 3.42. The van der Waals surface area contributed by atoms with Gasteiger partial charge in [-0.15, -0.1) is 0 Å². The number of halogens is 1. The number of hydrogen-bond acceptors (Lipinski definition) is 7. The largest absolute Gasteiger partial charge is 0.504 e. The summed E-state index contributed by atoms with van der Waals surface area (Å²) >= 11 is 0. The second kappa shape index (κ2) is 9.45. The van der Waals surface area contributed by atoms with Crippen LogP contribution in [-0.4, -0.2) is 39.8 Å². The molecular formula is C25H20FN5O3. The third-order valence-electron chi connectivity index (χ3n) is 5.10. The number of amides is 1. The first-order chi connectivity index (χ1) is 16.4. The molecule has 0 saturated heterocycles. The molecule has 0 bridgehead atoms. The molecule has 170 valence electrons. The Hall–Kier alpha value is -4.66. The molecular weight excluding hydrogens is 437 g/mol. The average molecular weight is 457 g/mol. The van der Waals surface area contributed by atoms with Crippen LogP contribution in [0.15, 0.2) is 66.9 Å². The zero-order valence-corrected chi connectivity index (χ0v) is 18.1. The van der Waals surface area contributed by atoms with Crippen molar-refractivity contribution in [2.75, 3.05) is 7.05 Å². The molecule has 0 atom stereocenters. The molecule has 4 aromatic rings. The van der Waals surface area contributed by atoms with E-state index in [0.717, 1.165) is 0 Å². The maximum atomic E-state index is 13.1. The van der Waals surface area contributed by atoms with Gasteiger partial charge in [-0.3, -0.25) is 20.6 Å². The highest BCUT2D eigenvalue weighted by atomic mass is 19.1. The van der Waals surface area contributed by atoms with Crippen molar-refractivity contribution in [2.24, 2.45) is 0 Å². The first-order valence-corrected chi connectivity index (χ1v) is 10.3. The number of ether oxygens (including phenoxy) is 1. The molecule has 0 aliphatic rings. The quantitative estimate of drug-likeness (QED) is 0.265. The van der Waals surface area contributed by atoms with Gasteiger partial charge in [0.15, 0.2) is 17.3 Å². The third kappa shape index (κ3) is 4.58. The van der Waals surface area contributed by atoms with E-state index in [1.807, 2.05) is 0 Å². The Morgan fingerprint density at radius 3 is 2.47 bits per heavy atom. The van der Waals surface area contributed by atoms with E-state index in [-0.39, 0.29) is 35.2 Å². The van der Waals surface area contributed by atoms with Crippen LogP contribution >= 0.6 is 0 Å². The fourth-order valence-electron chi connectivity index (χ4n) is 3.42. The number of hydrogen-bond donors (Lipinski definition) is 4. The molecule has 4 rings (SSSR count). The minimum Gasteiger partial charge on any atom is -0.504 e. The molecule has 0 saturated carbocycles. The van der Waals surface area contributed by atoms with Crippen LogP contribution in [0.5, 0.6) is 5.75 Å². The number of carbonyl (C=O) groups excluding carboxylic acids is 1. The minimum atomic E-state index is -0.527. The van der Waals surface area contributed by atoms with Crippen molar-refractivity contribution >= 4 is 28.6 Å². The number of nitrogens with one attached hydrogen (secondary N) is 3. The summed E-state index contributed by atoms with van der Waals surface area (Å²) in [6, 6.07) is 15.7. The van der Waals surface area contributed by atoms with Crippen molar-refractivity contribution in [3.05, 3.63) is 89.5 Å². The molecule has 0 aliphatic carbocycles. The summed E-state index contributed by atoms with van der Waals surface area (Å²) in [5.41, 5.74) is 2.21. The van der Waals surface area contributed by atoms with Gasteiger partial charge in [-0.05, 0) is 42.0 Å². The van der Waals surface area contributed by atoms with E-state index in [1.165, 1.54) is 30.5 Å². The number of aromatic hydroxyl groups is 1. The number of nitrogens with zero attached hydrogens (tertiary/aromatic N) is 2. The first-order valence-electron chi connectivity index (χ1n) is 10.3. The van der Waals surface area contributed by atoms with Crippen molar-refractivity contribution in [2.45, 2.75) is 6.42 Å². The van der Waals surface area contributed by atoms with Crippen LogP contribution in [0, 0.1) is 16.6 Å². The van der Waals surface area contributed by atoms with Gasteiger partial charge in [0, 0.05) is 36.2 Å². The van der Waals surface area contributed by atoms with Gasteiger partial charge in [0.1, 0.15) is 11.3 Å². The lowest BCUT2D eigenvalue weighted by Crippen LogP contribution is -2.17. The molecule has 0 fully saturated rings. The van der Waals surface area contributed by atoms with Crippen molar-refractivity contribution < 1.29 is 19.0 Å². The molecule has 0 unspecified atom stereocenters. The predicted octanol–water partition coefficient (Wildman–Crippen LogP) is 4.06. The second-order valence-electron chi connectivity index (χ2n) is 7.37. The van der Waals surface area contributed by atoms with Crippen LogP contribution in [0.3, 0.4) is 0 Å². The summed E-state index contributed by atoms with van der Waals surface area (Å²) in [4.78, 5) is 20.5. The van der Waals surface area contributed by atoms with Gasteiger partial charge in [0.25, 0.3) is 5.91 Å². The Kier molecular flexibility index (Phi) is 6.26. The molecule has 2 aromatic heterocycles. The Morgan fingerprint density at radius 1 is 1.09 bits per heavy atom. The van der Waals surface area contributed by atoms with Crippen molar-refractivity contribution in [3.63, 3.8) is 0 Å².